The summed E-state index contributed by atoms with van der Waals surface area (Å²) in [4.78, 5) is 4.95. The summed E-state index contributed by atoms with van der Waals surface area (Å²) in [5.41, 5.74) is 2.91. The molecular formula is C17H28N2. The zero-order valence-corrected chi connectivity index (χ0v) is 12.6. The molecule has 1 heterocycles. The third kappa shape index (κ3) is 2.64. The van der Waals surface area contributed by atoms with Crippen molar-refractivity contribution < 1.29 is 0 Å². The van der Waals surface area contributed by atoms with Gasteiger partial charge in [-0.05, 0) is 39.5 Å². The number of rotatable bonds is 2. The summed E-state index contributed by atoms with van der Waals surface area (Å²) in [7, 11) is 0. The smallest absolute Gasteiger partial charge is 0.208 e. The van der Waals surface area contributed by atoms with Gasteiger partial charge in [0.2, 0.25) is 6.67 Å². The molecule has 0 atom stereocenters. The lowest BCUT2D eigenvalue weighted by molar-refractivity contribution is 0.172. The van der Waals surface area contributed by atoms with E-state index in [-0.39, 0.29) is 0 Å². The summed E-state index contributed by atoms with van der Waals surface area (Å²) in [5.74, 6) is 0. The summed E-state index contributed by atoms with van der Waals surface area (Å²) < 4.78 is 0. The van der Waals surface area contributed by atoms with Gasteiger partial charge in [-0.25, -0.2) is 0 Å². The van der Waals surface area contributed by atoms with Crippen molar-refractivity contribution in [2.24, 2.45) is 0 Å². The van der Waals surface area contributed by atoms with Crippen LogP contribution in [-0.2, 0) is 0 Å². The maximum Gasteiger partial charge on any atom is 0.208 e. The monoisotopic (exact) mass is 260 g/mol. The van der Waals surface area contributed by atoms with Gasteiger partial charge in [0.25, 0.3) is 0 Å². The van der Waals surface area contributed by atoms with E-state index in [0.717, 1.165) is 12.1 Å². The molecule has 2 saturated carbocycles. The van der Waals surface area contributed by atoms with Gasteiger partial charge in [-0.15, -0.1) is 0 Å². The first kappa shape index (κ1) is 13.3. The number of hydrogen-bond donors (Lipinski definition) is 0. The molecule has 0 saturated heterocycles. The van der Waals surface area contributed by atoms with Crippen LogP contribution < -0.4 is 0 Å². The van der Waals surface area contributed by atoms with Gasteiger partial charge in [-0.3, -0.25) is 0 Å². The van der Waals surface area contributed by atoms with E-state index in [2.05, 4.69) is 30.3 Å². The molecule has 106 valence electrons. The fraction of sp³-hybridized carbons (Fsp3) is 0.824. The van der Waals surface area contributed by atoms with Crippen molar-refractivity contribution in [3.05, 3.63) is 18.1 Å². The van der Waals surface area contributed by atoms with Crippen LogP contribution in [0, 0.1) is 6.67 Å². The van der Waals surface area contributed by atoms with E-state index in [9.17, 15) is 0 Å². The molecule has 2 radical (unpaired) electrons. The van der Waals surface area contributed by atoms with Crippen molar-refractivity contribution >= 4 is 0 Å². The van der Waals surface area contributed by atoms with Gasteiger partial charge < -0.3 is 9.80 Å². The Balaban J connectivity index is 1.68. The van der Waals surface area contributed by atoms with Gasteiger partial charge in [0.1, 0.15) is 0 Å². The highest BCUT2D eigenvalue weighted by Crippen LogP contribution is 2.37. The lowest BCUT2D eigenvalue weighted by Crippen LogP contribution is -2.37. The zero-order valence-electron chi connectivity index (χ0n) is 12.6. The maximum absolute atomic E-state index is 3.72. The van der Waals surface area contributed by atoms with Gasteiger partial charge in [-0.1, -0.05) is 38.5 Å². The number of allylic oxidation sites excluding steroid dienone is 2. The Bertz CT molecular complexity index is 303. The topological polar surface area (TPSA) is 6.48 Å². The minimum absolute atomic E-state index is 0.720. The van der Waals surface area contributed by atoms with E-state index < -0.39 is 0 Å². The van der Waals surface area contributed by atoms with Crippen LogP contribution in [0.4, 0.5) is 0 Å². The summed E-state index contributed by atoms with van der Waals surface area (Å²) >= 11 is 0. The molecule has 0 aromatic heterocycles. The molecule has 2 aliphatic carbocycles. The fourth-order valence-corrected chi connectivity index (χ4v) is 4.00. The van der Waals surface area contributed by atoms with Crippen molar-refractivity contribution in [2.45, 2.75) is 90.1 Å². The molecule has 2 heteroatoms. The largest absolute Gasteiger partial charge is 0.340 e. The van der Waals surface area contributed by atoms with Crippen LogP contribution >= 0.6 is 0 Å². The molecule has 2 nitrogen and oxygen atoms in total. The van der Waals surface area contributed by atoms with Crippen LogP contribution in [0.2, 0.25) is 0 Å². The normalized spacial score (nSPS) is 27.5. The standard InChI is InChI=1S/C17H28N2/c1-14-15(2)19(17-11-7-4-8-12-17)13-18(14)16-9-5-3-6-10-16/h16-17H,3-12H2,1-2H3. The molecule has 2 fully saturated rings. The summed E-state index contributed by atoms with van der Waals surface area (Å²) in [6.07, 6.45) is 13.9. The fourth-order valence-electron chi connectivity index (χ4n) is 4.00. The van der Waals surface area contributed by atoms with Gasteiger partial charge in [0.05, 0.1) is 0 Å². The first-order valence-electron chi connectivity index (χ1n) is 8.29. The van der Waals surface area contributed by atoms with E-state index in [1.807, 2.05) is 0 Å². The van der Waals surface area contributed by atoms with Crippen LogP contribution in [0.15, 0.2) is 11.4 Å². The third-order valence-corrected chi connectivity index (χ3v) is 5.34. The average Bonchev–Trinajstić information content (AvgIpc) is 2.77. The Morgan fingerprint density at radius 2 is 1.05 bits per heavy atom. The van der Waals surface area contributed by atoms with Crippen LogP contribution in [0.1, 0.15) is 78.1 Å². The van der Waals surface area contributed by atoms with Gasteiger partial charge in [0.15, 0.2) is 0 Å². The van der Waals surface area contributed by atoms with Crippen molar-refractivity contribution in [1.82, 2.24) is 9.80 Å². The molecule has 0 spiro atoms. The Hall–Kier alpha value is -0.660. The van der Waals surface area contributed by atoms with Crippen molar-refractivity contribution in [1.29, 1.82) is 0 Å². The Kier molecular flexibility index (Phi) is 4.04. The van der Waals surface area contributed by atoms with Crippen molar-refractivity contribution in [3.8, 4) is 0 Å². The highest BCUT2D eigenvalue weighted by Gasteiger charge is 2.35. The van der Waals surface area contributed by atoms with Crippen LogP contribution in [0.3, 0.4) is 0 Å². The number of nitrogens with zero attached hydrogens (tertiary/aromatic N) is 2. The van der Waals surface area contributed by atoms with Crippen molar-refractivity contribution in [3.63, 3.8) is 0 Å². The second-order valence-corrected chi connectivity index (χ2v) is 6.59. The van der Waals surface area contributed by atoms with Crippen LogP contribution in [0.5, 0.6) is 0 Å². The van der Waals surface area contributed by atoms with Crippen molar-refractivity contribution in [2.75, 3.05) is 0 Å². The maximum atomic E-state index is 3.72. The van der Waals surface area contributed by atoms with Gasteiger partial charge in [0, 0.05) is 23.5 Å². The van der Waals surface area contributed by atoms with E-state index in [0.29, 0.717) is 0 Å². The molecule has 0 aromatic carbocycles. The summed E-state index contributed by atoms with van der Waals surface area (Å²) in [5, 5.41) is 0. The predicted octanol–water partition coefficient (Wildman–Crippen LogP) is 4.52. The molecule has 1 aliphatic heterocycles. The average molecular weight is 260 g/mol. The Morgan fingerprint density at radius 3 is 1.42 bits per heavy atom. The second-order valence-electron chi connectivity index (χ2n) is 6.59. The summed E-state index contributed by atoms with van der Waals surface area (Å²) in [6, 6.07) is 1.44. The third-order valence-electron chi connectivity index (χ3n) is 5.34. The lowest BCUT2D eigenvalue weighted by atomic mass is 9.94. The molecule has 0 N–H and O–H groups in total. The van der Waals surface area contributed by atoms with E-state index in [1.165, 1.54) is 75.6 Å². The highest BCUT2D eigenvalue weighted by molar-refractivity contribution is 5.20. The highest BCUT2D eigenvalue weighted by atomic mass is 15.4. The SMILES string of the molecule is CC1=C(C)N(C2CCCCC2)[C]N1C1CCCCC1. The first-order chi connectivity index (χ1) is 9.27. The molecule has 3 aliphatic rings. The molecule has 3 rings (SSSR count). The Labute approximate surface area is 118 Å². The van der Waals surface area contributed by atoms with Crippen LogP contribution in [0.25, 0.3) is 0 Å². The Morgan fingerprint density at radius 1 is 0.684 bits per heavy atom. The van der Waals surface area contributed by atoms with E-state index in [4.69, 9.17) is 0 Å². The van der Waals surface area contributed by atoms with Gasteiger partial charge >= 0.3 is 0 Å². The number of hydrogen-bond acceptors (Lipinski definition) is 2. The minimum atomic E-state index is 0.720. The molecule has 0 bridgehead atoms. The second kappa shape index (κ2) is 5.76. The summed E-state index contributed by atoms with van der Waals surface area (Å²) in [6.45, 7) is 8.31. The zero-order chi connectivity index (χ0) is 13.2. The van der Waals surface area contributed by atoms with E-state index in [1.54, 1.807) is 0 Å². The van der Waals surface area contributed by atoms with E-state index >= 15 is 0 Å². The molecule has 0 aromatic rings. The van der Waals surface area contributed by atoms with Gasteiger partial charge in [-0.2, -0.15) is 0 Å². The molecular weight excluding hydrogens is 232 g/mol. The molecule has 0 amide bonds. The quantitative estimate of drug-likeness (QED) is 0.720. The predicted molar refractivity (Wildman–Crippen MR) is 79.0 cm³/mol. The molecule has 19 heavy (non-hydrogen) atoms. The first-order valence-corrected chi connectivity index (χ1v) is 8.29. The molecule has 0 unspecified atom stereocenters. The lowest BCUT2D eigenvalue weighted by Gasteiger charge is -2.36. The minimum Gasteiger partial charge on any atom is -0.340 e. The van der Waals surface area contributed by atoms with Crippen LogP contribution in [-0.4, -0.2) is 21.9 Å².